The summed E-state index contributed by atoms with van der Waals surface area (Å²) in [7, 11) is 3.93. The van der Waals surface area contributed by atoms with Gasteiger partial charge in [-0.15, -0.1) is 0 Å². The minimum atomic E-state index is 0.718. The first kappa shape index (κ1) is 16.6. The summed E-state index contributed by atoms with van der Waals surface area (Å²) in [5, 5.41) is 4.21. The topological polar surface area (TPSA) is 50.1 Å². The molecule has 3 heterocycles. The van der Waals surface area contributed by atoms with Crippen LogP contribution in [0.4, 0.5) is 11.6 Å². The van der Waals surface area contributed by atoms with Crippen molar-refractivity contribution < 1.29 is 0 Å². The van der Waals surface area contributed by atoms with Crippen molar-refractivity contribution in [2.75, 3.05) is 29.9 Å². The van der Waals surface area contributed by atoms with Gasteiger partial charge in [-0.05, 0) is 36.6 Å². The van der Waals surface area contributed by atoms with Gasteiger partial charge in [0.1, 0.15) is 0 Å². The maximum atomic E-state index is 4.69. The standard InChI is InChI=1S/C20H24N6/c1-24(14-16-5-7-18(8-6-16)26-11-3-4-12-26)20-21-10-9-19(23-20)17-13-22-25(2)15-17/h5-10,13,15H,3-4,11-12,14H2,1-2H3. The fraction of sp³-hybridized carbons (Fsp3) is 0.350. The van der Waals surface area contributed by atoms with Crippen molar-refractivity contribution in [3.8, 4) is 11.3 Å². The number of nitrogens with zero attached hydrogens (tertiary/aromatic N) is 6. The molecule has 1 saturated heterocycles. The molecule has 0 saturated carbocycles. The van der Waals surface area contributed by atoms with Crippen LogP contribution in [0.2, 0.25) is 0 Å². The summed E-state index contributed by atoms with van der Waals surface area (Å²) in [6.45, 7) is 3.12. The zero-order valence-corrected chi connectivity index (χ0v) is 15.3. The molecule has 0 radical (unpaired) electrons. The van der Waals surface area contributed by atoms with Gasteiger partial charge in [-0.1, -0.05) is 12.1 Å². The lowest BCUT2D eigenvalue weighted by molar-refractivity contribution is 0.768. The fourth-order valence-electron chi connectivity index (χ4n) is 3.38. The van der Waals surface area contributed by atoms with E-state index in [1.807, 2.05) is 32.6 Å². The summed E-state index contributed by atoms with van der Waals surface area (Å²) in [6, 6.07) is 10.8. The fourth-order valence-corrected chi connectivity index (χ4v) is 3.38. The summed E-state index contributed by atoms with van der Waals surface area (Å²) in [5.41, 5.74) is 4.47. The van der Waals surface area contributed by atoms with Crippen LogP contribution in [-0.4, -0.2) is 39.9 Å². The number of hydrogen-bond acceptors (Lipinski definition) is 5. The van der Waals surface area contributed by atoms with E-state index < -0.39 is 0 Å². The first-order valence-electron chi connectivity index (χ1n) is 9.06. The molecule has 0 N–H and O–H groups in total. The predicted octanol–water partition coefficient (Wildman–Crippen LogP) is 3.11. The number of hydrogen-bond donors (Lipinski definition) is 0. The van der Waals surface area contributed by atoms with Crippen LogP contribution < -0.4 is 9.80 Å². The molecule has 1 aromatic carbocycles. The third-order valence-electron chi connectivity index (χ3n) is 4.81. The predicted molar refractivity (Wildman–Crippen MR) is 104 cm³/mol. The highest BCUT2D eigenvalue weighted by Crippen LogP contribution is 2.22. The lowest BCUT2D eigenvalue weighted by Crippen LogP contribution is -2.20. The number of rotatable bonds is 5. The molecule has 1 aliphatic heterocycles. The highest BCUT2D eigenvalue weighted by atomic mass is 15.2. The summed E-state index contributed by atoms with van der Waals surface area (Å²) in [5.74, 6) is 0.718. The second kappa shape index (κ2) is 7.15. The van der Waals surface area contributed by atoms with E-state index in [1.54, 1.807) is 10.9 Å². The van der Waals surface area contributed by atoms with Gasteiger partial charge >= 0.3 is 0 Å². The van der Waals surface area contributed by atoms with Gasteiger partial charge in [-0.2, -0.15) is 5.10 Å². The third-order valence-corrected chi connectivity index (χ3v) is 4.81. The van der Waals surface area contributed by atoms with Crippen molar-refractivity contribution in [3.05, 3.63) is 54.5 Å². The Hall–Kier alpha value is -2.89. The molecule has 4 rings (SSSR count). The molecule has 0 unspecified atom stereocenters. The van der Waals surface area contributed by atoms with Gasteiger partial charge in [0.15, 0.2) is 0 Å². The van der Waals surface area contributed by atoms with Gasteiger partial charge < -0.3 is 9.80 Å². The zero-order valence-electron chi connectivity index (χ0n) is 15.3. The van der Waals surface area contributed by atoms with E-state index in [0.717, 1.165) is 23.8 Å². The SMILES string of the molecule is CN(Cc1ccc(N2CCCC2)cc1)c1nccc(-c2cnn(C)c2)n1. The van der Waals surface area contributed by atoms with Gasteiger partial charge in [0.25, 0.3) is 0 Å². The Morgan fingerprint density at radius 1 is 1.08 bits per heavy atom. The van der Waals surface area contributed by atoms with Crippen LogP contribution in [0.3, 0.4) is 0 Å². The van der Waals surface area contributed by atoms with Crippen molar-refractivity contribution in [1.82, 2.24) is 19.7 Å². The molecule has 1 fully saturated rings. The molecular formula is C20H24N6. The zero-order chi connectivity index (χ0) is 17.9. The molecule has 6 heteroatoms. The van der Waals surface area contributed by atoms with Gasteiger partial charge in [-0.25, -0.2) is 9.97 Å². The molecule has 0 aliphatic carbocycles. The van der Waals surface area contributed by atoms with Crippen LogP contribution in [0.25, 0.3) is 11.3 Å². The van der Waals surface area contributed by atoms with Gasteiger partial charge in [0.2, 0.25) is 5.95 Å². The average Bonchev–Trinajstić information content (AvgIpc) is 3.34. The molecule has 0 atom stereocenters. The minimum Gasteiger partial charge on any atom is -0.372 e. The van der Waals surface area contributed by atoms with Crippen LogP contribution in [0, 0.1) is 0 Å². The number of aromatic nitrogens is 4. The second-order valence-corrected chi connectivity index (χ2v) is 6.86. The average molecular weight is 348 g/mol. The highest BCUT2D eigenvalue weighted by molar-refractivity contribution is 5.58. The molecular weight excluding hydrogens is 324 g/mol. The molecule has 1 aliphatic rings. The second-order valence-electron chi connectivity index (χ2n) is 6.86. The normalized spacial score (nSPS) is 14.0. The van der Waals surface area contributed by atoms with Crippen molar-refractivity contribution in [3.63, 3.8) is 0 Å². The number of benzene rings is 1. The molecule has 0 amide bonds. The smallest absolute Gasteiger partial charge is 0.225 e. The van der Waals surface area contributed by atoms with E-state index in [1.165, 1.54) is 37.2 Å². The molecule has 0 bridgehead atoms. The largest absolute Gasteiger partial charge is 0.372 e. The molecule has 2 aromatic heterocycles. The Morgan fingerprint density at radius 3 is 2.54 bits per heavy atom. The van der Waals surface area contributed by atoms with Gasteiger partial charge in [-0.3, -0.25) is 4.68 Å². The third kappa shape index (κ3) is 3.54. The molecule has 6 nitrogen and oxygen atoms in total. The Labute approximate surface area is 154 Å². The maximum absolute atomic E-state index is 4.69. The minimum absolute atomic E-state index is 0.718. The van der Waals surface area contributed by atoms with E-state index in [2.05, 4.69) is 49.1 Å². The monoisotopic (exact) mass is 348 g/mol. The van der Waals surface area contributed by atoms with Crippen LogP contribution in [-0.2, 0) is 13.6 Å². The summed E-state index contributed by atoms with van der Waals surface area (Å²) in [4.78, 5) is 13.6. The van der Waals surface area contributed by atoms with Gasteiger partial charge in [0, 0.05) is 57.4 Å². The van der Waals surface area contributed by atoms with Gasteiger partial charge in [0.05, 0.1) is 11.9 Å². The van der Waals surface area contributed by atoms with Crippen molar-refractivity contribution >= 4 is 11.6 Å². The van der Waals surface area contributed by atoms with Crippen molar-refractivity contribution in [2.45, 2.75) is 19.4 Å². The van der Waals surface area contributed by atoms with Crippen molar-refractivity contribution in [1.29, 1.82) is 0 Å². The van der Waals surface area contributed by atoms with E-state index in [4.69, 9.17) is 0 Å². The van der Waals surface area contributed by atoms with E-state index in [0.29, 0.717) is 0 Å². The van der Waals surface area contributed by atoms with E-state index >= 15 is 0 Å². The Bertz CT molecular complexity index is 864. The Kier molecular flexibility index (Phi) is 4.56. The van der Waals surface area contributed by atoms with Crippen LogP contribution in [0.15, 0.2) is 48.9 Å². The number of anilines is 2. The number of aryl methyl sites for hydroxylation is 1. The molecule has 134 valence electrons. The highest BCUT2D eigenvalue weighted by Gasteiger charge is 2.13. The van der Waals surface area contributed by atoms with E-state index in [-0.39, 0.29) is 0 Å². The van der Waals surface area contributed by atoms with Crippen molar-refractivity contribution in [2.24, 2.45) is 7.05 Å². The van der Waals surface area contributed by atoms with E-state index in [9.17, 15) is 0 Å². The Balaban J connectivity index is 1.46. The maximum Gasteiger partial charge on any atom is 0.225 e. The molecule has 0 spiro atoms. The molecule has 26 heavy (non-hydrogen) atoms. The lowest BCUT2D eigenvalue weighted by atomic mass is 10.2. The van der Waals surface area contributed by atoms with Crippen LogP contribution >= 0.6 is 0 Å². The first-order chi connectivity index (χ1) is 12.7. The quantitative estimate of drug-likeness (QED) is 0.709. The van der Waals surface area contributed by atoms with Crippen LogP contribution in [0.5, 0.6) is 0 Å². The molecule has 3 aromatic rings. The summed E-state index contributed by atoms with van der Waals surface area (Å²) in [6.07, 6.45) is 8.19. The lowest BCUT2D eigenvalue weighted by Gasteiger charge is -2.20. The Morgan fingerprint density at radius 2 is 1.85 bits per heavy atom. The van der Waals surface area contributed by atoms with Crippen LogP contribution in [0.1, 0.15) is 18.4 Å². The summed E-state index contributed by atoms with van der Waals surface area (Å²) >= 11 is 0. The summed E-state index contributed by atoms with van der Waals surface area (Å²) < 4.78 is 1.78. The first-order valence-corrected chi connectivity index (χ1v) is 9.06.